The molecule has 0 unspecified atom stereocenters. The summed E-state index contributed by atoms with van der Waals surface area (Å²) in [4.78, 5) is 38.1. The zero-order valence-electron chi connectivity index (χ0n) is 11.3. The Balaban J connectivity index is 2.60. The second kappa shape index (κ2) is 6.26. The van der Waals surface area contributed by atoms with E-state index in [1.165, 1.54) is 0 Å². The number of ketones is 2. The molecule has 0 heterocycles. The Kier molecular flexibility index (Phi) is 4.97. The first kappa shape index (κ1) is 15.1. The SMILES string of the molecule is CC1=C(C)C(=O)C(CCCCO[N+](=O)[O-])=C(C)C1=O. The summed E-state index contributed by atoms with van der Waals surface area (Å²) >= 11 is 0. The van der Waals surface area contributed by atoms with Crippen molar-refractivity contribution in [2.24, 2.45) is 0 Å². The van der Waals surface area contributed by atoms with Gasteiger partial charge in [0.2, 0.25) is 0 Å². The Hall–Kier alpha value is -1.98. The summed E-state index contributed by atoms with van der Waals surface area (Å²) in [6.45, 7) is 4.97. The van der Waals surface area contributed by atoms with Gasteiger partial charge in [0.25, 0.3) is 5.09 Å². The van der Waals surface area contributed by atoms with Gasteiger partial charge in [-0.05, 0) is 40.0 Å². The number of hydrogen-bond acceptors (Lipinski definition) is 5. The van der Waals surface area contributed by atoms with Crippen molar-refractivity contribution in [3.05, 3.63) is 32.4 Å². The Morgan fingerprint density at radius 1 is 1.00 bits per heavy atom. The molecule has 0 spiro atoms. The van der Waals surface area contributed by atoms with Gasteiger partial charge in [-0.1, -0.05) is 0 Å². The molecule has 0 radical (unpaired) electrons. The Morgan fingerprint density at radius 2 is 1.58 bits per heavy atom. The quantitative estimate of drug-likeness (QED) is 0.318. The number of rotatable bonds is 6. The predicted molar refractivity (Wildman–Crippen MR) is 67.9 cm³/mol. The molecule has 6 heteroatoms. The molecule has 0 N–H and O–H groups in total. The highest BCUT2D eigenvalue weighted by molar-refractivity contribution is 6.24. The number of hydrogen-bond donors (Lipinski definition) is 0. The van der Waals surface area contributed by atoms with E-state index in [-0.39, 0.29) is 18.2 Å². The van der Waals surface area contributed by atoms with Gasteiger partial charge >= 0.3 is 0 Å². The van der Waals surface area contributed by atoms with Gasteiger partial charge < -0.3 is 4.84 Å². The molecule has 1 aliphatic carbocycles. The third-order valence-corrected chi connectivity index (χ3v) is 3.33. The zero-order chi connectivity index (χ0) is 14.6. The number of nitrogens with zero attached hydrogens (tertiary/aromatic N) is 1. The average molecular weight is 267 g/mol. The number of allylic oxidation sites excluding steroid dienone is 4. The third kappa shape index (κ3) is 3.49. The molecule has 0 saturated carbocycles. The zero-order valence-corrected chi connectivity index (χ0v) is 11.3. The van der Waals surface area contributed by atoms with Crippen LogP contribution in [0.5, 0.6) is 0 Å². The van der Waals surface area contributed by atoms with Crippen molar-refractivity contribution in [2.75, 3.05) is 6.61 Å². The van der Waals surface area contributed by atoms with Gasteiger partial charge in [-0.15, -0.1) is 10.1 Å². The summed E-state index contributed by atoms with van der Waals surface area (Å²) in [6.07, 6.45) is 1.49. The fourth-order valence-electron chi connectivity index (χ4n) is 2.00. The minimum absolute atomic E-state index is 0.00924. The minimum atomic E-state index is -0.837. The summed E-state index contributed by atoms with van der Waals surface area (Å²) in [5, 5.41) is 9.12. The Morgan fingerprint density at radius 3 is 2.16 bits per heavy atom. The van der Waals surface area contributed by atoms with E-state index < -0.39 is 5.09 Å². The molecule has 0 aromatic carbocycles. The first-order chi connectivity index (χ1) is 8.86. The van der Waals surface area contributed by atoms with Crippen LogP contribution in [0.1, 0.15) is 40.0 Å². The highest BCUT2D eigenvalue weighted by atomic mass is 16.9. The molecule has 0 atom stereocenters. The van der Waals surface area contributed by atoms with E-state index in [2.05, 4.69) is 4.84 Å². The molecule has 0 fully saturated rings. The van der Waals surface area contributed by atoms with E-state index in [0.29, 0.717) is 41.6 Å². The molecule has 1 aliphatic rings. The number of carbonyl (C=O) groups is 2. The Labute approximate surface area is 111 Å². The lowest BCUT2D eigenvalue weighted by Crippen LogP contribution is -2.20. The average Bonchev–Trinajstić information content (AvgIpc) is 2.37. The van der Waals surface area contributed by atoms with Crippen LogP contribution < -0.4 is 0 Å². The maximum atomic E-state index is 12.1. The van der Waals surface area contributed by atoms with Crippen LogP contribution in [-0.4, -0.2) is 23.3 Å². The molecular formula is C13H17NO5. The van der Waals surface area contributed by atoms with Crippen molar-refractivity contribution >= 4 is 11.6 Å². The third-order valence-electron chi connectivity index (χ3n) is 3.33. The molecule has 0 amide bonds. The molecule has 19 heavy (non-hydrogen) atoms. The van der Waals surface area contributed by atoms with Crippen molar-refractivity contribution in [2.45, 2.75) is 40.0 Å². The summed E-state index contributed by atoms with van der Waals surface area (Å²) in [6, 6.07) is 0. The number of Topliss-reactive ketones (excluding diaryl/α,β-unsaturated/α-hetero) is 2. The normalized spacial score (nSPS) is 16.2. The van der Waals surface area contributed by atoms with E-state index in [9.17, 15) is 19.7 Å². The van der Waals surface area contributed by atoms with Gasteiger partial charge in [-0.2, -0.15) is 0 Å². The largest absolute Gasteiger partial charge is 0.314 e. The van der Waals surface area contributed by atoms with Gasteiger partial charge in [0.05, 0.1) is 6.61 Å². The van der Waals surface area contributed by atoms with Gasteiger partial charge in [-0.25, -0.2) is 0 Å². The van der Waals surface area contributed by atoms with Crippen LogP contribution >= 0.6 is 0 Å². The summed E-state index contributed by atoms with van der Waals surface area (Å²) in [5.74, 6) is -0.182. The number of unbranched alkanes of at least 4 members (excludes halogenated alkanes) is 1. The highest BCUT2D eigenvalue weighted by Crippen LogP contribution is 2.27. The van der Waals surface area contributed by atoms with Crippen LogP contribution in [0.3, 0.4) is 0 Å². The minimum Gasteiger partial charge on any atom is -0.314 e. The first-order valence-electron chi connectivity index (χ1n) is 6.10. The lowest BCUT2D eigenvalue weighted by molar-refractivity contribution is -0.757. The fraction of sp³-hybridized carbons (Fsp3) is 0.538. The summed E-state index contributed by atoms with van der Waals surface area (Å²) in [7, 11) is 0. The molecule has 1 rings (SSSR count). The Bertz CT molecular complexity index is 487. The van der Waals surface area contributed by atoms with Crippen LogP contribution in [-0.2, 0) is 14.4 Å². The van der Waals surface area contributed by atoms with E-state index >= 15 is 0 Å². The lowest BCUT2D eigenvalue weighted by atomic mass is 9.84. The number of carbonyl (C=O) groups excluding carboxylic acids is 2. The smallest absolute Gasteiger partial charge is 0.294 e. The van der Waals surface area contributed by atoms with Crippen molar-refractivity contribution in [1.82, 2.24) is 0 Å². The van der Waals surface area contributed by atoms with E-state index in [4.69, 9.17) is 0 Å². The van der Waals surface area contributed by atoms with Crippen molar-refractivity contribution in [3.8, 4) is 0 Å². The van der Waals surface area contributed by atoms with Gasteiger partial charge in [-0.3, -0.25) is 9.59 Å². The molecule has 0 aliphatic heterocycles. The van der Waals surface area contributed by atoms with Gasteiger partial charge in [0.15, 0.2) is 11.6 Å². The van der Waals surface area contributed by atoms with E-state index in [1.807, 2.05) is 0 Å². The van der Waals surface area contributed by atoms with Gasteiger partial charge in [0.1, 0.15) is 0 Å². The molecule has 104 valence electrons. The maximum Gasteiger partial charge on any atom is 0.294 e. The second-order valence-electron chi connectivity index (χ2n) is 4.53. The van der Waals surface area contributed by atoms with Crippen LogP contribution in [0.4, 0.5) is 0 Å². The highest BCUT2D eigenvalue weighted by Gasteiger charge is 2.27. The van der Waals surface area contributed by atoms with Crippen LogP contribution in [0.2, 0.25) is 0 Å². The molecule has 0 bridgehead atoms. The summed E-state index contributed by atoms with van der Waals surface area (Å²) < 4.78 is 0. The molecule has 0 saturated heterocycles. The fourth-order valence-corrected chi connectivity index (χ4v) is 2.00. The monoisotopic (exact) mass is 267 g/mol. The molecule has 0 aromatic heterocycles. The lowest BCUT2D eigenvalue weighted by Gasteiger charge is -2.18. The van der Waals surface area contributed by atoms with E-state index in [1.54, 1.807) is 20.8 Å². The van der Waals surface area contributed by atoms with Crippen LogP contribution in [0.15, 0.2) is 22.3 Å². The molecular weight excluding hydrogens is 250 g/mol. The summed E-state index contributed by atoms with van der Waals surface area (Å²) in [5.41, 5.74) is 2.01. The van der Waals surface area contributed by atoms with Crippen molar-refractivity contribution in [3.63, 3.8) is 0 Å². The van der Waals surface area contributed by atoms with E-state index in [0.717, 1.165) is 0 Å². The molecule has 6 nitrogen and oxygen atoms in total. The van der Waals surface area contributed by atoms with Crippen molar-refractivity contribution < 1.29 is 19.5 Å². The first-order valence-corrected chi connectivity index (χ1v) is 6.10. The molecule has 0 aromatic rings. The van der Waals surface area contributed by atoms with Crippen LogP contribution in [0, 0.1) is 10.1 Å². The van der Waals surface area contributed by atoms with Crippen LogP contribution in [0.25, 0.3) is 0 Å². The predicted octanol–water partition coefficient (Wildman–Crippen LogP) is 2.17. The topological polar surface area (TPSA) is 86.5 Å². The van der Waals surface area contributed by atoms with Gasteiger partial charge in [0, 0.05) is 22.3 Å². The van der Waals surface area contributed by atoms with Crippen molar-refractivity contribution in [1.29, 1.82) is 0 Å². The standard InChI is InChI=1S/C13H17NO5/c1-8-9(2)13(16)11(10(3)12(8)15)6-4-5-7-19-14(17)18/h4-7H2,1-3H3. The maximum absolute atomic E-state index is 12.1. The second-order valence-corrected chi connectivity index (χ2v) is 4.53.